The molecule has 1 aromatic carbocycles. The first kappa shape index (κ1) is 15.0. The first-order chi connectivity index (χ1) is 10.1. The second-order valence-corrected chi connectivity index (χ2v) is 4.68. The Balaban J connectivity index is 2.02. The lowest BCUT2D eigenvalue weighted by molar-refractivity contribution is -0.143. The van der Waals surface area contributed by atoms with Crippen molar-refractivity contribution in [1.82, 2.24) is 9.78 Å². The monoisotopic (exact) mass is 286 g/mol. The smallest absolute Gasteiger partial charge is 0.307 e. The summed E-state index contributed by atoms with van der Waals surface area (Å²) in [5, 5.41) is 4.22. The molecular weight excluding hydrogens is 268 g/mol. The number of aryl methyl sites for hydroxylation is 1. The second-order valence-electron chi connectivity index (χ2n) is 4.68. The van der Waals surface area contributed by atoms with Crippen molar-refractivity contribution in [2.45, 2.75) is 26.8 Å². The van der Waals surface area contributed by atoms with Crippen LogP contribution >= 0.6 is 0 Å². The second kappa shape index (κ2) is 6.83. The third-order valence-electron chi connectivity index (χ3n) is 3.11. The molecule has 1 aromatic heterocycles. The summed E-state index contributed by atoms with van der Waals surface area (Å²) in [6.07, 6.45) is 3.92. The van der Waals surface area contributed by atoms with Crippen LogP contribution in [0.1, 0.15) is 30.6 Å². The molecule has 21 heavy (non-hydrogen) atoms. The Morgan fingerprint density at radius 3 is 2.52 bits per heavy atom. The van der Waals surface area contributed by atoms with Crippen molar-refractivity contribution in [1.29, 1.82) is 0 Å². The number of rotatable bonds is 6. The van der Waals surface area contributed by atoms with Gasteiger partial charge in [0.15, 0.2) is 5.78 Å². The summed E-state index contributed by atoms with van der Waals surface area (Å²) in [7, 11) is 0. The maximum Gasteiger partial charge on any atom is 0.307 e. The molecule has 0 saturated carbocycles. The summed E-state index contributed by atoms with van der Waals surface area (Å²) >= 11 is 0. The fraction of sp³-hybridized carbons (Fsp3) is 0.312. The van der Waals surface area contributed by atoms with Gasteiger partial charge in [0, 0.05) is 17.3 Å². The molecule has 0 radical (unpaired) electrons. The molecule has 0 atom stereocenters. The maximum absolute atomic E-state index is 11.3. The predicted octanol–water partition coefficient (Wildman–Crippen LogP) is 2.71. The van der Waals surface area contributed by atoms with Crippen LogP contribution in [-0.4, -0.2) is 28.1 Å². The van der Waals surface area contributed by atoms with Crippen molar-refractivity contribution in [2.75, 3.05) is 6.61 Å². The molecule has 0 bridgehead atoms. The van der Waals surface area contributed by atoms with Crippen LogP contribution in [0.2, 0.25) is 0 Å². The molecule has 0 amide bonds. The highest BCUT2D eigenvalue weighted by molar-refractivity contribution is 5.94. The first-order valence-electron chi connectivity index (χ1n) is 6.89. The van der Waals surface area contributed by atoms with Gasteiger partial charge in [-0.2, -0.15) is 5.10 Å². The van der Waals surface area contributed by atoms with E-state index in [-0.39, 0.29) is 11.8 Å². The van der Waals surface area contributed by atoms with Crippen LogP contribution in [0, 0.1) is 0 Å². The van der Waals surface area contributed by atoms with E-state index >= 15 is 0 Å². The summed E-state index contributed by atoms with van der Waals surface area (Å²) in [5.74, 6) is -0.174. The minimum Gasteiger partial charge on any atom is -0.466 e. The van der Waals surface area contributed by atoms with E-state index in [0.717, 1.165) is 11.1 Å². The van der Waals surface area contributed by atoms with Gasteiger partial charge in [-0.3, -0.25) is 14.3 Å². The topological polar surface area (TPSA) is 61.2 Å². The average molecular weight is 286 g/mol. The molecule has 0 saturated heterocycles. The number of ketones is 1. The van der Waals surface area contributed by atoms with Gasteiger partial charge in [-0.25, -0.2) is 0 Å². The molecule has 0 aliphatic heterocycles. The molecular formula is C16H18N2O3. The Labute approximate surface area is 123 Å². The molecule has 110 valence electrons. The van der Waals surface area contributed by atoms with Crippen LogP contribution in [0.3, 0.4) is 0 Å². The summed E-state index contributed by atoms with van der Waals surface area (Å²) < 4.78 is 6.59. The molecule has 1 heterocycles. The predicted molar refractivity (Wildman–Crippen MR) is 78.9 cm³/mol. The maximum atomic E-state index is 11.3. The molecule has 5 nitrogen and oxygen atoms in total. The Morgan fingerprint density at radius 1 is 1.19 bits per heavy atom. The molecule has 2 aromatic rings. The van der Waals surface area contributed by atoms with Gasteiger partial charge in [0.05, 0.1) is 25.8 Å². The number of hydrogen-bond acceptors (Lipinski definition) is 4. The van der Waals surface area contributed by atoms with Gasteiger partial charge in [-0.1, -0.05) is 24.3 Å². The molecule has 0 N–H and O–H groups in total. The summed E-state index contributed by atoms with van der Waals surface area (Å²) in [6, 6.07) is 7.38. The standard InChI is InChI=1S/C16H18N2O3/c1-3-21-16(20)8-9-18-11-15(10-17-18)14-6-4-13(5-7-14)12(2)19/h4-7,10-11H,3,8-9H2,1-2H3. The van der Waals surface area contributed by atoms with Crippen LogP contribution in [-0.2, 0) is 16.1 Å². The molecule has 2 rings (SSSR count). The Hall–Kier alpha value is -2.43. The SMILES string of the molecule is CCOC(=O)CCn1cc(-c2ccc(C(C)=O)cc2)cn1. The highest BCUT2D eigenvalue weighted by Gasteiger charge is 2.06. The van der Waals surface area contributed by atoms with Crippen molar-refractivity contribution in [3.63, 3.8) is 0 Å². The molecule has 0 aliphatic rings. The van der Waals surface area contributed by atoms with Gasteiger partial charge in [0.25, 0.3) is 0 Å². The highest BCUT2D eigenvalue weighted by Crippen LogP contribution is 2.19. The quantitative estimate of drug-likeness (QED) is 0.605. The Kier molecular flexibility index (Phi) is 4.87. The molecule has 0 fully saturated rings. The summed E-state index contributed by atoms with van der Waals surface area (Å²) in [6.45, 7) is 4.22. The van der Waals surface area contributed by atoms with Crippen LogP contribution in [0.5, 0.6) is 0 Å². The van der Waals surface area contributed by atoms with Crippen LogP contribution < -0.4 is 0 Å². The van der Waals surface area contributed by atoms with Crippen molar-refractivity contribution < 1.29 is 14.3 Å². The van der Waals surface area contributed by atoms with Crippen molar-refractivity contribution >= 4 is 11.8 Å². The van der Waals surface area contributed by atoms with E-state index in [1.807, 2.05) is 18.3 Å². The normalized spacial score (nSPS) is 10.4. The molecule has 0 unspecified atom stereocenters. The Morgan fingerprint density at radius 2 is 1.90 bits per heavy atom. The number of benzene rings is 1. The number of esters is 1. The van der Waals surface area contributed by atoms with Gasteiger partial charge in [0.1, 0.15) is 0 Å². The van der Waals surface area contributed by atoms with Gasteiger partial charge >= 0.3 is 5.97 Å². The van der Waals surface area contributed by atoms with Gasteiger partial charge in [-0.15, -0.1) is 0 Å². The zero-order valence-electron chi connectivity index (χ0n) is 12.2. The molecule has 5 heteroatoms. The van der Waals surface area contributed by atoms with E-state index in [1.165, 1.54) is 0 Å². The van der Waals surface area contributed by atoms with Crippen LogP contribution in [0.25, 0.3) is 11.1 Å². The van der Waals surface area contributed by atoms with Gasteiger partial charge < -0.3 is 4.74 Å². The van der Waals surface area contributed by atoms with E-state index in [4.69, 9.17) is 4.74 Å². The van der Waals surface area contributed by atoms with Crippen molar-refractivity contribution in [3.05, 3.63) is 42.2 Å². The van der Waals surface area contributed by atoms with Gasteiger partial charge in [0.2, 0.25) is 0 Å². The third-order valence-corrected chi connectivity index (χ3v) is 3.11. The number of hydrogen-bond donors (Lipinski definition) is 0. The number of aromatic nitrogens is 2. The fourth-order valence-corrected chi connectivity index (χ4v) is 1.97. The lowest BCUT2D eigenvalue weighted by Gasteiger charge is -2.02. The largest absolute Gasteiger partial charge is 0.466 e. The minimum absolute atomic E-state index is 0.0479. The number of carbonyl (C=O) groups excluding carboxylic acids is 2. The minimum atomic E-state index is -0.222. The lowest BCUT2D eigenvalue weighted by Crippen LogP contribution is -2.09. The first-order valence-corrected chi connectivity index (χ1v) is 6.89. The van der Waals surface area contributed by atoms with E-state index in [9.17, 15) is 9.59 Å². The summed E-state index contributed by atoms with van der Waals surface area (Å²) in [4.78, 5) is 22.5. The van der Waals surface area contributed by atoms with Crippen molar-refractivity contribution in [2.24, 2.45) is 0 Å². The summed E-state index contributed by atoms with van der Waals surface area (Å²) in [5.41, 5.74) is 2.63. The number of nitrogens with zero attached hydrogens (tertiary/aromatic N) is 2. The van der Waals surface area contributed by atoms with Crippen LogP contribution in [0.4, 0.5) is 0 Å². The Bertz CT molecular complexity index is 629. The zero-order valence-corrected chi connectivity index (χ0v) is 12.2. The average Bonchev–Trinajstić information content (AvgIpc) is 2.94. The zero-order chi connectivity index (χ0) is 15.2. The number of Topliss-reactive ketones (excluding diaryl/α,β-unsaturated/α-hetero) is 1. The van der Waals surface area contributed by atoms with E-state index in [1.54, 1.807) is 36.9 Å². The lowest BCUT2D eigenvalue weighted by atomic mass is 10.1. The third kappa shape index (κ3) is 4.02. The van der Waals surface area contributed by atoms with E-state index in [2.05, 4.69) is 5.10 Å². The van der Waals surface area contributed by atoms with Gasteiger partial charge in [-0.05, 0) is 19.4 Å². The highest BCUT2D eigenvalue weighted by atomic mass is 16.5. The van der Waals surface area contributed by atoms with E-state index < -0.39 is 0 Å². The molecule has 0 aliphatic carbocycles. The van der Waals surface area contributed by atoms with Crippen molar-refractivity contribution in [3.8, 4) is 11.1 Å². The number of ether oxygens (including phenoxy) is 1. The fourth-order valence-electron chi connectivity index (χ4n) is 1.97. The van der Waals surface area contributed by atoms with E-state index in [0.29, 0.717) is 25.1 Å². The van der Waals surface area contributed by atoms with Crippen LogP contribution in [0.15, 0.2) is 36.7 Å². The molecule has 0 spiro atoms. The number of carbonyl (C=O) groups is 2.